The zero-order chi connectivity index (χ0) is 13.1. The molecule has 1 aromatic heterocycles. The number of carbonyl (C=O) groups is 1. The lowest BCUT2D eigenvalue weighted by Crippen LogP contribution is -2.32. The van der Waals surface area contributed by atoms with Gasteiger partial charge in [0.05, 0.1) is 5.52 Å². The van der Waals surface area contributed by atoms with Gasteiger partial charge >= 0.3 is 0 Å². The molecule has 5 heteroatoms. The summed E-state index contributed by atoms with van der Waals surface area (Å²) >= 11 is 0. The highest BCUT2D eigenvalue weighted by molar-refractivity contribution is 5.95. The van der Waals surface area contributed by atoms with Gasteiger partial charge < -0.3 is 5.32 Å². The van der Waals surface area contributed by atoms with E-state index in [-0.39, 0.29) is 11.1 Å². The Hall–Kier alpha value is -2.17. The maximum atomic E-state index is 12.1. The molecule has 0 saturated carbocycles. The van der Waals surface area contributed by atoms with E-state index in [0.717, 1.165) is 11.9 Å². The minimum absolute atomic E-state index is 0.0512. The van der Waals surface area contributed by atoms with Crippen LogP contribution in [0.3, 0.4) is 0 Å². The first kappa shape index (κ1) is 12.3. The highest BCUT2D eigenvalue weighted by Crippen LogP contribution is 2.07. The van der Waals surface area contributed by atoms with E-state index < -0.39 is 5.91 Å². The number of hydrogen-bond donors (Lipinski definition) is 1. The van der Waals surface area contributed by atoms with Gasteiger partial charge in [0.1, 0.15) is 0 Å². The van der Waals surface area contributed by atoms with Crippen molar-refractivity contribution in [2.45, 2.75) is 13.3 Å². The average Bonchev–Trinajstić information content (AvgIpc) is 2.40. The van der Waals surface area contributed by atoms with Gasteiger partial charge in [-0.2, -0.15) is 5.10 Å². The van der Waals surface area contributed by atoms with Crippen LogP contribution in [-0.2, 0) is 7.05 Å². The highest BCUT2D eigenvalue weighted by atomic mass is 16.2. The zero-order valence-electron chi connectivity index (χ0n) is 10.4. The fourth-order valence-electron chi connectivity index (χ4n) is 1.80. The third-order valence-corrected chi connectivity index (χ3v) is 2.71. The van der Waals surface area contributed by atoms with Crippen LogP contribution in [0.2, 0.25) is 0 Å². The molecule has 0 aliphatic rings. The Bertz CT molecular complexity index is 646. The van der Waals surface area contributed by atoms with Gasteiger partial charge in [0.25, 0.3) is 5.91 Å². The Labute approximate surface area is 104 Å². The summed E-state index contributed by atoms with van der Waals surface area (Å²) in [6.45, 7) is 2.49. The van der Waals surface area contributed by atoms with Gasteiger partial charge in [-0.1, -0.05) is 19.1 Å². The summed E-state index contributed by atoms with van der Waals surface area (Å²) in [4.78, 5) is 24.0. The molecule has 0 fully saturated rings. The summed E-state index contributed by atoms with van der Waals surface area (Å²) in [5.74, 6) is -0.414. The summed E-state index contributed by atoms with van der Waals surface area (Å²) < 4.78 is 1.55. The SMILES string of the molecule is CCCNC(=O)c1nn(C)c2ccccc2c1=O. The van der Waals surface area contributed by atoms with Crippen LogP contribution < -0.4 is 10.7 Å². The molecule has 2 aromatic rings. The van der Waals surface area contributed by atoms with Crippen molar-refractivity contribution in [2.24, 2.45) is 7.05 Å². The van der Waals surface area contributed by atoms with Gasteiger partial charge in [0.2, 0.25) is 5.43 Å². The molecular weight excluding hydrogens is 230 g/mol. The van der Waals surface area contributed by atoms with Crippen molar-refractivity contribution in [2.75, 3.05) is 6.54 Å². The fourth-order valence-corrected chi connectivity index (χ4v) is 1.80. The second-order valence-corrected chi connectivity index (χ2v) is 4.07. The molecule has 1 aromatic carbocycles. The number of rotatable bonds is 3. The number of para-hydroxylation sites is 1. The van der Waals surface area contributed by atoms with Crippen molar-refractivity contribution >= 4 is 16.8 Å². The predicted molar refractivity (Wildman–Crippen MR) is 69.6 cm³/mol. The molecule has 5 nitrogen and oxygen atoms in total. The third kappa shape index (κ3) is 2.11. The largest absolute Gasteiger partial charge is 0.351 e. The molecule has 0 aliphatic carbocycles. The molecule has 0 aliphatic heterocycles. The van der Waals surface area contributed by atoms with Gasteiger partial charge in [-0.15, -0.1) is 0 Å². The van der Waals surface area contributed by atoms with Crippen molar-refractivity contribution in [1.82, 2.24) is 15.1 Å². The molecule has 2 rings (SSSR count). The topological polar surface area (TPSA) is 64.0 Å². The maximum Gasteiger partial charge on any atom is 0.275 e. The number of fused-ring (bicyclic) bond motifs is 1. The molecule has 0 radical (unpaired) electrons. The van der Waals surface area contributed by atoms with Crippen molar-refractivity contribution in [3.05, 3.63) is 40.2 Å². The van der Waals surface area contributed by atoms with Crippen LogP contribution in [0.25, 0.3) is 10.9 Å². The first-order valence-electron chi connectivity index (χ1n) is 5.89. The molecular formula is C13H15N3O2. The van der Waals surface area contributed by atoms with E-state index in [9.17, 15) is 9.59 Å². The Morgan fingerprint density at radius 1 is 1.39 bits per heavy atom. The van der Waals surface area contributed by atoms with E-state index in [1.807, 2.05) is 13.0 Å². The first-order valence-corrected chi connectivity index (χ1v) is 5.89. The van der Waals surface area contributed by atoms with Crippen LogP contribution >= 0.6 is 0 Å². The quantitative estimate of drug-likeness (QED) is 0.879. The molecule has 0 spiro atoms. The first-order chi connectivity index (χ1) is 8.65. The smallest absolute Gasteiger partial charge is 0.275 e. The van der Waals surface area contributed by atoms with E-state index >= 15 is 0 Å². The van der Waals surface area contributed by atoms with E-state index in [0.29, 0.717) is 11.9 Å². The maximum absolute atomic E-state index is 12.1. The van der Waals surface area contributed by atoms with Crippen LogP contribution in [0.1, 0.15) is 23.8 Å². The van der Waals surface area contributed by atoms with E-state index in [2.05, 4.69) is 10.4 Å². The van der Waals surface area contributed by atoms with Crippen LogP contribution in [0.5, 0.6) is 0 Å². The van der Waals surface area contributed by atoms with Crippen molar-refractivity contribution in [3.63, 3.8) is 0 Å². The van der Waals surface area contributed by atoms with Crippen LogP contribution in [0.15, 0.2) is 29.1 Å². The lowest BCUT2D eigenvalue weighted by molar-refractivity contribution is 0.0945. The standard InChI is InChI=1S/C13H15N3O2/c1-3-8-14-13(18)11-12(17)9-6-4-5-7-10(9)16(2)15-11/h4-7H,3,8H2,1-2H3,(H,14,18). The lowest BCUT2D eigenvalue weighted by Gasteiger charge is -2.07. The number of nitrogens with one attached hydrogen (secondary N) is 1. The summed E-state index contributed by atoms with van der Waals surface area (Å²) in [6.07, 6.45) is 0.819. The van der Waals surface area contributed by atoms with Crippen LogP contribution in [0.4, 0.5) is 0 Å². The van der Waals surface area contributed by atoms with Crippen molar-refractivity contribution in [1.29, 1.82) is 0 Å². The number of aromatic nitrogens is 2. The number of amides is 1. The normalized spacial score (nSPS) is 10.6. The molecule has 1 N–H and O–H groups in total. The number of nitrogens with zero attached hydrogens (tertiary/aromatic N) is 2. The zero-order valence-corrected chi connectivity index (χ0v) is 10.4. The molecule has 94 valence electrons. The molecule has 1 heterocycles. The molecule has 0 atom stereocenters. The molecule has 0 bridgehead atoms. The summed E-state index contributed by atoms with van der Waals surface area (Å²) in [5.41, 5.74) is 0.344. The van der Waals surface area contributed by atoms with E-state index in [4.69, 9.17) is 0 Å². The average molecular weight is 245 g/mol. The Morgan fingerprint density at radius 2 is 2.11 bits per heavy atom. The van der Waals surface area contributed by atoms with E-state index in [1.165, 1.54) is 0 Å². The minimum Gasteiger partial charge on any atom is -0.351 e. The summed E-state index contributed by atoms with van der Waals surface area (Å²) in [7, 11) is 1.72. The monoisotopic (exact) mass is 245 g/mol. The van der Waals surface area contributed by atoms with Gasteiger partial charge in [-0.3, -0.25) is 14.3 Å². The Kier molecular flexibility index (Phi) is 3.41. The van der Waals surface area contributed by atoms with Crippen LogP contribution in [0, 0.1) is 0 Å². The van der Waals surface area contributed by atoms with Crippen molar-refractivity contribution < 1.29 is 4.79 Å². The molecule has 1 amide bonds. The molecule has 0 unspecified atom stereocenters. The summed E-state index contributed by atoms with van der Waals surface area (Å²) in [6, 6.07) is 7.12. The van der Waals surface area contributed by atoms with Crippen LogP contribution in [-0.4, -0.2) is 22.2 Å². The second kappa shape index (κ2) is 5.00. The fraction of sp³-hybridized carbons (Fsp3) is 0.308. The number of carbonyl (C=O) groups excluding carboxylic acids is 1. The lowest BCUT2D eigenvalue weighted by atomic mass is 10.2. The van der Waals surface area contributed by atoms with Gasteiger partial charge in [0.15, 0.2) is 5.69 Å². The Balaban J connectivity index is 2.56. The van der Waals surface area contributed by atoms with Crippen molar-refractivity contribution in [3.8, 4) is 0 Å². The number of aryl methyl sites for hydroxylation is 1. The minimum atomic E-state index is -0.414. The Morgan fingerprint density at radius 3 is 2.83 bits per heavy atom. The number of benzene rings is 1. The highest BCUT2D eigenvalue weighted by Gasteiger charge is 2.15. The van der Waals surface area contributed by atoms with E-state index in [1.54, 1.807) is 29.9 Å². The van der Waals surface area contributed by atoms with Gasteiger partial charge in [-0.25, -0.2) is 0 Å². The second-order valence-electron chi connectivity index (χ2n) is 4.07. The number of hydrogen-bond acceptors (Lipinski definition) is 3. The molecule has 0 saturated heterocycles. The third-order valence-electron chi connectivity index (χ3n) is 2.71. The van der Waals surface area contributed by atoms with Gasteiger partial charge in [-0.05, 0) is 18.6 Å². The summed E-state index contributed by atoms with van der Waals surface area (Å²) in [5, 5.41) is 7.22. The predicted octanol–water partition coefficient (Wildman–Crippen LogP) is 1.07. The molecule has 18 heavy (non-hydrogen) atoms. The van der Waals surface area contributed by atoms with Gasteiger partial charge in [0, 0.05) is 19.0 Å².